The number of ether oxygens (including phenoxy) is 1. The standard InChI is InChI=1S/C10H20N2O2/c1-10(2,3)14-9(13)12-6-4-8(11)5-7-12/h8H,4-7,11H2,1-3H3/p+1. The zero-order chi connectivity index (χ0) is 10.8. The summed E-state index contributed by atoms with van der Waals surface area (Å²) in [6.45, 7) is 7.23. The van der Waals surface area contributed by atoms with Crippen LogP contribution >= 0.6 is 0 Å². The van der Waals surface area contributed by atoms with Crippen molar-refractivity contribution in [1.82, 2.24) is 4.90 Å². The van der Waals surface area contributed by atoms with E-state index < -0.39 is 5.60 Å². The topological polar surface area (TPSA) is 57.2 Å². The molecule has 1 saturated heterocycles. The molecule has 1 heterocycles. The third kappa shape index (κ3) is 3.54. The van der Waals surface area contributed by atoms with Gasteiger partial charge in [-0.05, 0) is 20.8 Å². The first-order valence-electron chi connectivity index (χ1n) is 5.19. The van der Waals surface area contributed by atoms with E-state index in [1.807, 2.05) is 20.8 Å². The van der Waals surface area contributed by atoms with Gasteiger partial charge in [0, 0.05) is 25.9 Å². The number of likely N-dealkylation sites (tertiary alicyclic amines) is 1. The first-order valence-corrected chi connectivity index (χ1v) is 5.19. The molecular weight excluding hydrogens is 180 g/mol. The average Bonchev–Trinajstić information content (AvgIpc) is 2.02. The van der Waals surface area contributed by atoms with Gasteiger partial charge < -0.3 is 15.4 Å². The summed E-state index contributed by atoms with van der Waals surface area (Å²) in [4.78, 5) is 13.4. The van der Waals surface area contributed by atoms with Crippen LogP contribution in [0.3, 0.4) is 0 Å². The van der Waals surface area contributed by atoms with Crippen molar-refractivity contribution < 1.29 is 15.3 Å². The largest absolute Gasteiger partial charge is 0.444 e. The van der Waals surface area contributed by atoms with Gasteiger partial charge in [0.25, 0.3) is 0 Å². The number of rotatable bonds is 0. The molecule has 0 aromatic heterocycles. The molecule has 0 aromatic carbocycles. The summed E-state index contributed by atoms with van der Waals surface area (Å²) in [5.41, 5.74) is 3.60. The summed E-state index contributed by atoms with van der Waals surface area (Å²) in [6.07, 6.45) is 1.78. The molecule has 14 heavy (non-hydrogen) atoms. The van der Waals surface area contributed by atoms with Gasteiger partial charge in [-0.15, -0.1) is 0 Å². The van der Waals surface area contributed by atoms with E-state index in [-0.39, 0.29) is 6.09 Å². The number of hydrogen-bond acceptors (Lipinski definition) is 2. The third-order valence-corrected chi connectivity index (χ3v) is 2.27. The van der Waals surface area contributed by atoms with E-state index >= 15 is 0 Å². The number of quaternary nitrogens is 1. The van der Waals surface area contributed by atoms with Gasteiger partial charge >= 0.3 is 6.09 Å². The van der Waals surface area contributed by atoms with Gasteiger partial charge in [-0.3, -0.25) is 0 Å². The zero-order valence-electron chi connectivity index (χ0n) is 9.38. The molecule has 0 atom stereocenters. The van der Waals surface area contributed by atoms with Gasteiger partial charge in [-0.2, -0.15) is 0 Å². The second-order valence-corrected chi connectivity index (χ2v) is 4.91. The van der Waals surface area contributed by atoms with Crippen LogP contribution in [0.25, 0.3) is 0 Å². The van der Waals surface area contributed by atoms with E-state index in [1.54, 1.807) is 4.90 Å². The zero-order valence-corrected chi connectivity index (χ0v) is 9.38. The lowest BCUT2D eigenvalue weighted by molar-refractivity contribution is -0.425. The highest BCUT2D eigenvalue weighted by Gasteiger charge is 2.26. The molecule has 1 aliphatic heterocycles. The van der Waals surface area contributed by atoms with E-state index in [0.717, 1.165) is 25.9 Å². The Balaban J connectivity index is 2.38. The fraction of sp³-hybridized carbons (Fsp3) is 0.900. The number of hydrogen-bond donors (Lipinski definition) is 1. The van der Waals surface area contributed by atoms with Gasteiger partial charge in [0.1, 0.15) is 5.60 Å². The minimum Gasteiger partial charge on any atom is -0.444 e. The monoisotopic (exact) mass is 201 g/mol. The first kappa shape index (κ1) is 11.3. The van der Waals surface area contributed by atoms with Crippen LogP contribution in [-0.4, -0.2) is 35.7 Å². The number of carbonyl (C=O) groups excluding carboxylic acids is 1. The lowest BCUT2D eigenvalue weighted by Gasteiger charge is -2.30. The Kier molecular flexibility index (Phi) is 3.37. The van der Waals surface area contributed by atoms with Crippen molar-refractivity contribution >= 4 is 6.09 Å². The van der Waals surface area contributed by atoms with E-state index in [9.17, 15) is 4.79 Å². The summed E-state index contributed by atoms with van der Waals surface area (Å²) >= 11 is 0. The van der Waals surface area contributed by atoms with Crippen LogP contribution in [0, 0.1) is 0 Å². The number of nitrogens with zero attached hydrogens (tertiary/aromatic N) is 1. The van der Waals surface area contributed by atoms with Crippen LogP contribution in [0.15, 0.2) is 0 Å². The summed E-state index contributed by atoms with van der Waals surface area (Å²) in [5.74, 6) is 0. The Labute approximate surface area is 85.4 Å². The Morgan fingerprint density at radius 2 is 1.86 bits per heavy atom. The van der Waals surface area contributed by atoms with Gasteiger partial charge in [-0.1, -0.05) is 0 Å². The predicted octanol–water partition coefficient (Wildman–Crippen LogP) is 0.628. The summed E-state index contributed by atoms with van der Waals surface area (Å²) < 4.78 is 5.28. The van der Waals surface area contributed by atoms with Crippen molar-refractivity contribution in [1.29, 1.82) is 0 Å². The molecule has 1 aliphatic rings. The Bertz CT molecular complexity index is 203. The highest BCUT2D eigenvalue weighted by molar-refractivity contribution is 5.68. The van der Waals surface area contributed by atoms with Crippen LogP contribution in [0.4, 0.5) is 4.79 Å². The fourth-order valence-electron chi connectivity index (χ4n) is 1.44. The highest BCUT2D eigenvalue weighted by atomic mass is 16.6. The number of piperidine rings is 1. The van der Waals surface area contributed by atoms with E-state index in [0.29, 0.717) is 6.04 Å². The van der Waals surface area contributed by atoms with Crippen LogP contribution in [0.2, 0.25) is 0 Å². The normalized spacial score (nSPS) is 19.6. The molecule has 0 aliphatic carbocycles. The molecule has 0 saturated carbocycles. The fourth-order valence-corrected chi connectivity index (χ4v) is 1.44. The van der Waals surface area contributed by atoms with Crippen molar-refractivity contribution in [2.24, 2.45) is 0 Å². The Morgan fingerprint density at radius 1 is 1.36 bits per heavy atom. The quantitative estimate of drug-likeness (QED) is 0.625. The second-order valence-electron chi connectivity index (χ2n) is 4.91. The molecule has 0 radical (unpaired) electrons. The molecule has 4 nitrogen and oxygen atoms in total. The molecule has 0 aromatic rings. The number of amides is 1. The van der Waals surface area contributed by atoms with Crippen molar-refractivity contribution in [3.05, 3.63) is 0 Å². The molecule has 1 amide bonds. The molecule has 82 valence electrons. The molecule has 1 rings (SSSR count). The van der Waals surface area contributed by atoms with Crippen LogP contribution in [0.5, 0.6) is 0 Å². The maximum atomic E-state index is 11.6. The number of carbonyl (C=O) groups is 1. The molecule has 4 heteroatoms. The Hall–Kier alpha value is -0.770. The van der Waals surface area contributed by atoms with Crippen molar-refractivity contribution in [2.45, 2.75) is 45.3 Å². The lowest BCUT2D eigenvalue weighted by Crippen LogP contribution is -2.64. The van der Waals surface area contributed by atoms with Gasteiger partial charge in [-0.25, -0.2) is 4.79 Å². The molecule has 0 unspecified atom stereocenters. The van der Waals surface area contributed by atoms with E-state index in [1.165, 1.54) is 0 Å². The molecule has 0 bridgehead atoms. The van der Waals surface area contributed by atoms with Crippen molar-refractivity contribution in [3.63, 3.8) is 0 Å². The summed E-state index contributed by atoms with van der Waals surface area (Å²) in [7, 11) is 0. The van der Waals surface area contributed by atoms with Gasteiger partial charge in [0.2, 0.25) is 0 Å². The maximum Gasteiger partial charge on any atom is 0.410 e. The minimum atomic E-state index is -0.390. The van der Waals surface area contributed by atoms with Crippen LogP contribution < -0.4 is 5.73 Å². The predicted molar refractivity (Wildman–Crippen MR) is 53.7 cm³/mol. The van der Waals surface area contributed by atoms with Crippen molar-refractivity contribution in [3.8, 4) is 0 Å². The van der Waals surface area contributed by atoms with Crippen molar-refractivity contribution in [2.75, 3.05) is 13.1 Å². The molecule has 0 spiro atoms. The summed E-state index contributed by atoms with van der Waals surface area (Å²) in [6, 6.07) is 0.494. The van der Waals surface area contributed by atoms with Crippen LogP contribution in [-0.2, 0) is 4.74 Å². The molecule has 3 N–H and O–H groups in total. The maximum absolute atomic E-state index is 11.6. The highest BCUT2D eigenvalue weighted by Crippen LogP contribution is 2.13. The summed E-state index contributed by atoms with van der Waals surface area (Å²) in [5, 5.41) is 0. The molecule has 1 fully saturated rings. The average molecular weight is 201 g/mol. The van der Waals surface area contributed by atoms with E-state index in [4.69, 9.17) is 4.74 Å². The first-order chi connectivity index (χ1) is 6.38. The van der Waals surface area contributed by atoms with Gasteiger partial charge in [0.05, 0.1) is 6.04 Å². The molecular formula is C10H21N2O2+. The SMILES string of the molecule is CC(C)(C)OC(=O)N1CCC([NH3+])CC1. The second kappa shape index (κ2) is 4.17. The van der Waals surface area contributed by atoms with Crippen LogP contribution in [0.1, 0.15) is 33.6 Å². The minimum absolute atomic E-state index is 0.190. The third-order valence-electron chi connectivity index (χ3n) is 2.27. The smallest absolute Gasteiger partial charge is 0.410 e. The van der Waals surface area contributed by atoms with Gasteiger partial charge in [0.15, 0.2) is 0 Å². The lowest BCUT2D eigenvalue weighted by atomic mass is 10.1. The van der Waals surface area contributed by atoms with E-state index in [2.05, 4.69) is 5.73 Å². The Morgan fingerprint density at radius 3 is 2.29 bits per heavy atom.